The largest absolute Gasteiger partial charge is 0.289 e. The number of hydrogen-bond acceptors (Lipinski definition) is 1. The number of allylic oxidation sites excluding steroid dienone is 1. The highest BCUT2D eigenvalue weighted by molar-refractivity contribution is 6.17. The van der Waals surface area contributed by atoms with Crippen LogP contribution in [0.15, 0.2) is 29.8 Å². The molecule has 1 aliphatic rings. The fourth-order valence-corrected chi connectivity index (χ4v) is 1.34. The molecule has 0 heterocycles. The molecule has 2 rings (SSSR count). The van der Waals surface area contributed by atoms with E-state index >= 15 is 0 Å². The van der Waals surface area contributed by atoms with Crippen molar-refractivity contribution < 1.29 is 4.79 Å². The Morgan fingerprint density at radius 3 is 2.31 bits per heavy atom. The number of carbonyl (C=O) groups is 1. The van der Waals surface area contributed by atoms with Crippen molar-refractivity contribution in [3.8, 4) is 0 Å². The molecule has 1 aliphatic carbocycles. The minimum atomic E-state index is 0.167. The van der Waals surface area contributed by atoms with Crippen molar-refractivity contribution >= 4 is 11.9 Å². The molecule has 13 heavy (non-hydrogen) atoms. The number of ketones is 1. The summed E-state index contributed by atoms with van der Waals surface area (Å²) in [6, 6.07) is 7.67. The summed E-state index contributed by atoms with van der Waals surface area (Å²) < 4.78 is 0. The lowest BCUT2D eigenvalue weighted by molar-refractivity contribution is 0.103. The van der Waals surface area contributed by atoms with Gasteiger partial charge in [-0.25, -0.2) is 0 Å². The van der Waals surface area contributed by atoms with E-state index < -0.39 is 0 Å². The average Bonchev–Trinajstić information content (AvgIpc) is 2.47. The molecule has 1 heteroatoms. The van der Waals surface area contributed by atoms with Gasteiger partial charge in [-0.3, -0.25) is 4.79 Å². The van der Waals surface area contributed by atoms with Gasteiger partial charge in [0.2, 0.25) is 0 Å². The van der Waals surface area contributed by atoms with Gasteiger partial charge in [-0.05, 0) is 24.1 Å². The summed E-state index contributed by atoms with van der Waals surface area (Å²) in [5, 5.41) is 0. The van der Waals surface area contributed by atoms with Crippen molar-refractivity contribution in [2.45, 2.75) is 20.8 Å². The molecule has 0 saturated heterocycles. The summed E-state index contributed by atoms with van der Waals surface area (Å²) in [5.41, 5.74) is 2.73. The first-order valence-corrected chi connectivity index (χ1v) is 4.61. The van der Waals surface area contributed by atoms with Crippen LogP contribution in [0, 0.1) is 0 Å². The maximum absolute atomic E-state index is 11.3. The lowest BCUT2D eigenvalue weighted by Crippen LogP contribution is -1.94. The van der Waals surface area contributed by atoms with Crippen molar-refractivity contribution in [2.24, 2.45) is 0 Å². The van der Waals surface area contributed by atoms with E-state index in [1.807, 2.05) is 51.1 Å². The third kappa shape index (κ3) is 1.69. The Kier molecular flexibility index (Phi) is 3.02. The predicted molar refractivity (Wildman–Crippen MR) is 55.8 cm³/mol. The van der Waals surface area contributed by atoms with E-state index in [0.29, 0.717) is 0 Å². The Morgan fingerprint density at radius 1 is 1.08 bits per heavy atom. The van der Waals surface area contributed by atoms with E-state index in [1.165, 1.54) is 0 Å². The Labute approximate surface area is 79.1 Å². The van der Waals surface area contributed by atoms with Crippen LogP contribution in [0.5, 0.6) is 0 Å². The van der Waals surface area contributed by atoms with Gasteiger partial charge in [0.05, 0.1) is 0 Å². The van der Waals surface area contributed by atoms with Gasteiger partial charge < -0.3 is 0 Å². The maximum Gasteiger partial charge on any atom is 0.189 e. The zero-order valence-electron chi connectivity index (χ0n) is 8.29. The number of fused-ring (bicyclic) bond motifs is 1. The number of Topliss-reactive ketones (excluding diaryl/α,β-unsaturated/α-hetero) is 1. The Hall–Kier alpha value is -1.37. The lowest BCUT2D eigenvalue weighted by atomic mass is 10.1. The second-order valence-corrected chi connectivity index (χ2v) is 2.74. The zero-order valence-corrected chi connectivity index (χ0v) is 8.29. The van der Waals surface area contributed by atoms with E-state index in [0.717, 1.165) is 16.7 Å². The van der Waals surface area contributed by atoms with Crippen LogP contribution in [0.2, 0.25) is 0 Å². The number of carbonyl (C=O) groups excluding carboxylic acids is 1. The molecular formula is C12H14O. The standard InChI is InChI=1S/C10H8O.C2H6/c1-7-6-8-4-2-3-5-9(8)10(7)11;1-2/h2-6H,1H3;1-2H3. The molecular weight excluding hydrogens is 160 g/mol. The molecule has 0 fully saturated rings. The molecule has 0 aromatic heterocycles. The van der Waals surface area contributed by atoms with E-state index in [4.69, 9.17) is 0 Å². The van der Waals surface area contributed by atoms with Crippen LogP contribution >= 0.6 is 0 Å². The molecule has 0 unspecified atom stereocenters. The molecule has 1 nitrogen and oxygen atoms in total. The van der Waals surface area contributed by atoms with Crippen LogP contribution in [0.1, 0.15) is 36.7 Å². The van der Waals surface area contributed by atoms with E-state index in [2.05, 4.69) is 0 Å². The van der Waals surface area contributed by atoms with Crippen LogP contribution in [0.4, 0.5) is 0 Å². The first kappa shape index (κ1) is 9.72. The highest BCUT2D eigenvalue weighted by Crippen LogP contribution is 2.23. The smallest absolute Gasteiger partial charge is 0.189 e. The summed E-state index contributed by atoms with van der Waals surface area (Å²) >= 11 is 0. The SMILES string of the molecule is CC.CC1=Cc2ccccc2C1=O. The predicted octanol–water partition coefficient (Wildman–Crippen LogP) is 3.31. The fraction of sp³-hybridized carbons (Fsp3) is 0.250. The third-order valence-electron chi connectivity index (χ3n) is 1.94. The van der Waals surface area contributed by atoms with Crippen molar-refractivity contribution in [2.75, 3.05) is 0 Å². The van der Waals surface area contributed by atoms with Gasteiger partial charge in [0.15, 0.2) is 5.78 Å². The van der Waals surface area contributed by atoms with E-state index in [9.17, 15) is 4.79 Å². The molecule has 1 aromatic rings. The topological polar surface area (TPSA) is 17.1 Å². The summed E-state index contributed by atoms with van der Waals surface area (Å²) in [4.78, 5) is 11.3. The molecule has 0 bridgehead atoms. The van der Waals surface area contributed by atoms with Crippen LogP contribution in [-0.2, 0) is 0 Å². The fourth-order valence-electron chi connectivity index (χ4n) is 1.34. The van der Waals surface area contributed by atoms with Gasteiger partial charge in [0.1, 0.15) is 0 Å². The van der Waals surface area contributed by atoms with Gasteiger partial charge in [-0.2, -0.15) is 0 Å². The Balaban J connectivity index is 0.000000396. The number of hydrogen-bond donors (Lipinski definition) is 0. The van der Waals surface area contributed by atoms with Gasteiger partial charge >= 0.3 is 0 Å². The zero-order chi connectivity index (χ0) is 9.84. The average molecular weight is 174 g/mol. The second kappa shape index (κ2) is 4.04. The molecule has 0 spiro atoms. The molecule has 0 atom stereocenters. The first-order chi connectivity index (χ1) is 6.29. The number of rotatable bonds is 0. The Bertz CT molecular complexity index is 348. The van der Waals surface area contributed by atoms with Gasteiger partial charge in [0.25, 0.3) is 0 Å². The molecule has 0 saturated carbocycles. The molecule has 0 aliphatic heterocycles. The highest BCUT2D eigenvalue weighted by atomic mass is 16.1. The minimum absolute atomic E-state index is 0.167. The van der Waals surface area contributed by atoms with Crippen molar-refractivity contribution in [1.82, 2.24) is 0 Å². The van der Waals surface area contributed by atoms with Gasteiger partial charge in [-0.1, -0.05) is 38.1 Å². The monoisotopic (exact) mass is 174 g/mol. The third-order valence-corrected chi connectivity index (χ3v) is 1.94. The van der Waals surface area contributed by atoms with Crippen LogP contribution < -0.4 is 0 Å². The first-order valence-electron chi connectivity index (χ1n) is 4.61. The van der Waals surface area contributed by atoms with Crippen LogP contribution in [-0.4, -0.2) is 5.78 Å². The summed E-state index contributed by atoms with van der Waals surface area (Å²) in [6.45, 7) is 5.85. The molecule has 1 aromatic carbocycles. The highest BCUT2D eigenvalue weighted by Gasteiger charge is 2.17. The van der Waals surface area contributed by atoms with Crippen LogP contribution in [0.3, 0.4) is 0 Å². The summed E-state index contributed by atoms with van der Waals surface area (Å²) in [5.74, 6) is 0.167. The van der Waals surface area contributed by atoms with E-state index in [1.54, 1.807) is 0 Å². The second-order valence-electron chi connectivity index (χ2n) is 2.74. The maximum atomic E-state index is 11.3. The summed E-state index contributed by atoms with van der Waals surface area (Å²) in [6.07, 6.45) is 1.93. The van der Waals surface area contributed by atoms with Gasteiger partial charge in [0, 0.05) is 5.56 Å². The molecule has 68 valence electrons. The van der Waals surface area contributed by atoms with Crippen molar-refractivity contribution in [3.05, 3.63) is 41.0 Å². The quantitative estimate of drug-likeness (QED) is 0.589. The normalized spacial score (nSPS) is 12.8. The lowest BCUT2D eigenvalue weighted by Gasteiger charge is -1.93. The Morgan fingerprint density at radius 2 is 1.69 bits per heavy atom. The summed E-state index contributed by atoms with van der Waals surface area (Å²) in [7, 11) is 0. The number of benzene rings is 1. The van der Waals surface area contributed by atoms with Gasteiger partial charge in [-0.15, -0.1) is 0 Å². The van der Waals surface area contributed by atoms with Crippen molar-refractivity contribution in [3.63, 3.8) is 0 Å². The molecule has 0 radical (unpaired) electrons. The molecule has 0 amide bonds. The minimum Gasteiger partial charge on any atom is -0.289 e. The molecule has 0 N–H and O–H groups in total. The van der Waals surface area contributed by atoms with E-state index in [-0.39, 0.29) is 5.78 Å². The van der Waals surface area contributed by atoms with Crippen molar-refractivity contribution in [1.29, 1.82) is 0 Å². The van der Waals surface area contributed by atoms with Crippen LogP contribution in [0.25, 0.3) is 6.08 Å².